The molecule has 164 valence electrons. The second-order valence-electron chi connectivity index (χ2n) is 6.70. The van der Waals surface area contributed by atoms with Gasteiger partial charge < -0.3 is 4.74 Å². The number of carbonyl (C=O) groups is 1. The van der Waals surface area contributed by atoms with Gasteiger partial charge in [-0.05, 0) is 57.5 Å². The molecule has 0 saturated heterocycles. The van der Waals surface area contributed by atoms with Crippen molar-refractivity contribution in [2.45, 2.75) is 55.4 Å². The van der Waals surface area contributed by atoms with E-state index in [0.717, 1.165) is 11.4 Å². The van der Waals surface area contributed by atoms with Crippen molar-refractivity contribution in [3.8, 4) is 5.69 Å². The van der Waals surface area contributed by atoms with Gasteiger partial charge in [-0.25, -0.2) is 14.4 Å². The second-order valence-corrected chi connectivity index (χ2v) is 8.81. The molecule has 1 aromatic carbocycles. The molecule has 0 N–H and O–H groups in total. The van der Waals surface area contributed by atoms with Crippen LogP contribution in [0.1, 0.15) is 37.5 Å². The summed E-state index contributed by atoms with van der Waals surface area (Å²) >= 11 is 2.74. The Bertz CT molecular complexity index is 1020. The third-order valence-electron chi connectivity index (χ3n) is 4.25. The summed E-state index contributed by atoms with van der Waals surface area (Å²) in [6.45, 7) is 7.87. The van der Waals surface area contributed by atoms with Crippen molar-refractivity contribution in [3.63, 3.8) is 0 Å². The molecule has 0 aliphatic carbocycles. The number of nitrogens with zero attached hydrogens (tertiary/aromatic N) is 5. The highest BCUT2D eigenvalue weighted by molar-refractivity contribution is 8.00. The Kier molecular flexibility index (Phi) is 8.03. The van der Waals surface area contributed by atoms with Gasteiger partial charge in [0.15, 0.2) is 10.3 Å². The summed E-state index contributed by atoms with van der Waals surface area (Å²) < 4.78 is 20.5. The van der Waals surface area contributed by atoms with Gasteiger partial charge in [0.2, 0.25) is 0 Å². The number of ether oxygens (including phenoxy) is 1. The first kappa shape index (κ1) is 23.2. The Balaban J connectivity index is 1.91. The minimum absolute atomic E-state index is 0.289. The Labute approximate surface area is 189 Å². The zero-order chi connectivity index (χ0) is 22.4. The highest BCUT2D eigenvalue weighted by Crippen LogP contribution is 2.30. The molecule has 1 atom stereocenters. The summed E-state index contributed by atoms with van der Waals surface area (Å²) in [6.07, 6.45) is 0.584. The number of hydrogen-bond acceptors (Lipinski definition) is 8. The Morgan fingerprint density at radius 3 is 2.42 bits per heavy atom. The van der Waals surface area contributed by atoms with Gasteiger partial charge in [-0.2, -0.15) is 0 Å². The molecule has 0 spiro atoms. The van der Waals surface area contributed by atoms with Gasteiger partial charge in [-0.15, -0.1) is 10.2 Å². The van der Waals surface area contributed by atoms with Crippen molar-refractivity contribution in [1.82, 2.24) is 24.7 Å². The molecule has 0 aliphatic heterocycles. The van der Waals surface area contributed by atoms with E-state index in [1.165, 1.54) is 35.7 Å². The maximum absolute atomic E-state index is 13.5. The maximum Gasteiger partial charge on any atom is 0.319 e. The lowest BCUT2D eigenvalue weighted by molar-refractivity contribution is -0.142. The first-order chi connectivity index (χ1) is 14.9. The second kappa shape index (κ2) is 10.7. The van der Waals surface area contributed by atoms with Crippen molar-refractivity contribution >= 4 is 29.5 Å². The van der Waals surface area contributed by atoms with Gasteiger partial charge in [0.05, 0.1) is 12.4 Å². The molecular weight excluding hydrogens is 437 g/mol. The molecule has 0 radical (unpaired) electrons. The molecule has 10 heteroatoms. The minimum atomic E-state index is -0.411. The Morgan fingerprint density at radius 1 is 1.13 bits per heavy atom. The van der Waals surface area contributed by atoms with Crippen molar-refractivity contribution in [2.75, 3.05) is 6.61 Å². The van der Waals surface area contributed by atoms with E-state index < -0.39 is 5.25 Å². The number of esters is 1. The Hall–Kier alpha value is -2.46. The highest BCUT2D eigenvalue weighted by Gasteiger charge is 2.24. The summed E-state index contributed by atoms with van der Waals surface area (Å²) in [5, 5.41) is 9.44. The number of benzene rings is 1. The number of halogens is 1. The van der Waals surface area contributed by atoms with E-state index in [2.05, 4.69) is 20.2 Å². The van der Waals surface area contributed by atoms with Crippen molar-refractivity contribution in [3.05, 3.63) is 53.4 Å². The zero-order valence-electron chi connectivity index (χ0n) is 17.8. The van der Waals surface area contributed by atoms with E-state index >= 15 is 0 Å². The predicted octanol–water partition coefficient (Wildman–Crippen LogP) is 4.54. The third-order valence-corrected chi connectivity index (χ3v) is 6.37. The summed E-state index contributed by atoms with van der Waals surface area (Å²) in [6, 6.07) is 8.01. The SMILES string of the molecule is CCOC(=O)[C@H](CC)Sc1nnc(CSc2nc(C)cc(C)n2)n1-c1ccc(F)cc1. The first-order valence-electron chi connectivity index (χ1n) is 9.89. The fourth-order valence-electron chi connectivity index (χ4n) is 2.87. The van der Waals surface area contributed by atoms with Crippen molar-refractivity contribution < 1.29 is 13.9 Å². The van der Waals surface area contributed by atoms with E-state index in [9.17, 15) is 9.18 Å². The normalized spacial score (nSPS) is 12.0. The van der Waals surface area contributed by atoms with Gasteiger partial charge in [-0.1, -0.05) is 30.4 Å². The standard InChI is InChI=1S/C21H24FN5O2S2/c1-5-17(19(28)29-6-2)31-21-26-25-18(27(21)16-9-7-15(22)8-10-16)12-30-20-23-13(3)11-14(4)24-20/h7-11,17H,5-6,12H2,1-4H3/t17-/m0/s1. The summed E-state index contributed by atoms with van der Waals surface area (Å²) in [7, 11) is 0. The predicted molar refractivity (Wildman–Crippen MR) is 119 cm³/mol. The molecule has 31 heavy (non-hydrogen) atoms. The number of aromatic nitrogens is 5. The van der Waals surface area contributed by atoms with E-state index in [1.807, 2.05) is 31.4 Å². The molecule has 0 saturated carbocycles. The highest BCUT2D eigenvalue weighted by atomic mass is 32.2. The first-order valence-corrected chi connectivity index (χ1v) is 11.8. The van der Waals surface area contributed by atoms with Gasteiger partial charge in [-0.3, -0.25) is 9.36 Å². The van der Waals surface area contributed by atoms with Gasteiger partial charge in [0.25, 0.3) is 0 Å². The summed E-state index contributed by atoms with van der Waals surface area (Å²) in [5.74, 6) is 0.497. The molecule has 0 bridgehead atoms. The molecule has 2 heterocycles. The average molecular weight is 462 g/mol. The maximum atomic E-state index is 13.5. The Morgan fingerprint density at radius 2 is 1.81 bits per heavy atom. The molecule has 3 rings (SSSR count). The fraction of sp³-hybridized carbons (Fsp3) is 0.381. The quantitative estimate of drug-likeness (QED) is 0.261. The van der Waals surface area contributed by atoms with Gasteiger partial charge in [0.1, 0.15) is 16.9 Å². The molecule has 0 aliphatic rings. The molecule has 0 unspecified atom stereocenters. The lowest BCUT2D eigenvalue weighted by Gasteiger charge is -2.14. The van der Waals surface area contributed by atoms with Crippen LogP contribution in [0.5, 0.6) is 0 Å². The van der Waals surface area contributed by atoms with Crippen molar-refractivity contribution in [1.29, 1.82) is 0 Å². The fourth-order valence-corrected chi connectivity index (χ4v) is 4.72. The third kappa shape index (κ3) is 6.04. The van der Waals surface area contributed by atoms with Gasteiger partial charge in [0, 0.05) is 17.1 Å². The van der Waals surface area contributed by atoms with Crippen LogP contribution in [0.25, 0.3) is 5.69 Å². The van der Waals surface area contributed by atoms with Crippen LogP contribution in [0.2, 0.25) is 0 Å². The lowest BCUT2D eigenvalue weighted by Crippen LogP contribution is -2.20. The van der Waals surface area contributed by atoms with Crippen molar-refractivity contribution in [2.24, 2.45) is 0 Å². The van der Waals surface area contributed by atoms with Crippen LogP contribution < -0.4 is 0 Å². The topological polar surface area (TPSA) is 82.8 Å². The summed E-state index contributed by atoms with van der Waals surface area (Å²) in [4.78, 5) is 21.2. The zero-order valence-corrected chi connectivity index (χ0v) is 19.5. The number of aryl methyl sites for hydroxylation is 2. The van der Waals surface area contributed by atoms with Crippen LogP contribution in [0.3, 0.4) is 0 Å². The van der Waals surface area contributed by atoms with Crippen LogP contribution in [-0.2, 0) is 15.3 Å². The average Bonchev–Trinajstić information content (AvgIpc) is 3.13. The number of thioether (sulfide) groups is 2. The summed E-state index contributed by atoms with van der Waals surface area (Å²) in [5.41, 5.74) is 2.50. The van der Waals surface area contributed by atoms with E-state index in [4.69, 9.17) is 4.74 Å². The van der Waals surface area contributed by atoms with E-state index in [1.54, 1.807) is 19.1 Å². The van der Waals surface area contributed by atoms with E-state index in [-0.39, 0.29) is 11.8 Å². The van der Waals surface area contributed by atoms with Crippen LogP contribution >= 0.6 is 23.5 Å². The molecule has 2 aromatic heterocycles. The number of carbonyl (C=O) groups excluding carboxylic acids is 1. The van der Waals surface area contributed by atoms with Gasteiger partial charge >= 0.3 is 5.97 Å². The minimum Gasteiger partial charge on any atom is -0.465 e. The lowest BCUT2D eigenvalue weighted by atomic mass is 10.3. The van der Waals surface area contributed by atoms with E-state index in [0.29, 0.717) is 40.6 Å². The monoisotopic (exact) mass is 461 g/mol. The molecular formula is C21H24FN5O2S2. The van der Waals surface area contributed by atoms with Crippen LogP contribution in [0.15, 0.2) is 40.6 Å². The molecule has 7 nitrogen and oxygen atoms in total. The number of hydrogen-bond donors (Lipinski definition) is 0. The molecule has 3 aromatic rings. The van der Waals surface area contributed by atoms with Crippen LogP contribution in [0, 0.1) is 19.7 Å². The molecule has 0 amide bonds. The van der Waals surface area contributed by atoms with Crippen LogP contribution in [0.4, 0.5) is 4.39 Å². The smallest absolute Gasteiger partial charge is 0.319 e. The largest absolute Gasteiger partial charge is 0.465 e. The molecule has 0 fully saturated rings. The number of rotatable bonds is 9. The van der Waals surface area contributed by atoms with Crippen LogP contribution in [-0.4, -0.2) is 42.6 Å².